The van der Waals surface area contributed by atoms with Crippen LogP contribution < -0.4 is 0 Å². The number of carbonyl (C=O) groups is 1. The van der Waals surface area contributed by atoms with E-state index in [2.05, 4.69) is 18.2 Å². The molecule has 2 aromatic rings. The Kier molecular flexibility index (Phi) is 5.25. The second kappa shape index (κ2) is 7.40. The third-order valence-corrected chi connectivity index (χ3v) is 5.00. The summed E-state index contributed by atoms with van der Waals surface area (Å²) in [4.78, 5) is 12.4. The number of ether oxygens (including phenoxy) is 1. The summed E-state index contributed by atoms with van der Waals surface area (Å²) >= 11 is 5.95. The zero-order valence-corrected chi connectivity index (χ0v) is 15.0. The van der Waals surface area contributed by atoms with Crippen LogP contribution in [-0.2, 0) is 4.74 Å². The van der Waals surface area contributed by atoms with Gasteiger partial charge in [-0.25, -0.2) is 4.79 Å². The first-order valence-corrected chi connectivity index (χ1v) is 8.94. The summed E-state index contributed by atoms with van der Waals surface area (Å²) < 4.78 is 5.73. The fourth-order valence-electron chi connectivity index (χ4n) is 3.56. The molecule has 0 spiro atoms. The lowest BCUT2D eigenvalue weighted by Crippen LogP contribution is -2.24. The number of rotatable bonds is 3. The second-order valence-electron chi connectivity index (χ2n) is 6.81. The lowest BCUT2D eigenvalue weighted by Gasteiger charge is -2.28. The number of benzene rings is 2. The summed E-state index contributed by atoms with van der Waals surface area (Å²) in [6.07, 6.45) is 3.97. The zero-order valence-electron chi connectivity index (χ0n) is 14.2. The first-order chi connectivity index (χ1) is 11.5. The van der Waals surface area contributed by atoms with E-state index in [0.29, 0.717) is 11.5 Å². The van der Waals surface area contributed by atoms with Crippen LogP contribution in [0.3, 0.4) is 0 Å². The van der Waals surface area contributed by atoms with Crippen LogP contribution in [0.15, 0.2) is 42.5 Å². The molecule has 24 heavy (non-hydrogen) atoms. The van der Waals surface area contributed by atoms with Crippen LogP contribution in [0.5, 0.6) is 0 Å². The van der Waals surface area contributed by atoms with Crippen molar-refractivity contribution in [1.82, 2.24) is 0 Å². The van der Waals surface area contributed by atoms with Crippen molar-refractivity contribution in [2.24, 2.45) is 0 Å². The summed E-state index contributed by atoms with van der Waals surface area (Å²) in [5, 5.41) is 0.773. The van der Waals surface area contributed by atoms with Crippen LogP contribution in [0.2, 0.25) is 5.02 Å². The molecule has 0 aliphatic heterocycles. The van der Waals surface area contributed by atoms with E-state index in [1.54, 1.807) is 0 Å². The number of aryl methyl sites for hydroxylation is 2. The molecule has 1 saturated carbocycles. The Labute approximate surface area is 148 Å². The van der Waals surface area contributed by atoms with Gasteiger partial charge in [0, 0.05) is 5.02 Å². The van der Waals surface area contributed by atoms with Gasteiger partial charge >= 0.3 is 5.97 Å². The van der Waals surface area contributed by atoms with Crippen LogP contribution in [-0.4, -0.2) is 12.1 Å². The number of esters is 1. The SMILES string of the molecule is Cc1cc(C)cc(C(=O)OC2CCC(c3ccc(Cl)cc3)CC2)c1. The highest BCUT2D eigenvalue weighted by Gasteiger charge is 2.25. The molecule has 0 unspecified atom stereocenters. The normalized spacial score (nSPS) is 20.6. The average Bonchev–Trinajstić information content (AvgIpc) is 2.55. The molecule has 0 bridgehead atoms. The first kappa shape index (κ1) is 17.0. The van der Waals surface area contributed by atoms with Gasteiger partial charge in [-0.3, -0.25) is 0 Å². The number of carbonyl (C=O) groups excluding carboxylic acids is 1. The summed E-state index contributed by atoms with van der Waals surface area (Å²) in [7, 11) is 0. The molecule has 0 heterocycles. The molecule has 0 N–H and O–H groups in total. The van der Waals surface area contributed by atoms with Crippen molar-refractivity contribution >= 4 is 17.6 Å². The van der Waals surface area contributed by atoms with Crippen molar-refractivity contribution in [2.75, 3.05) is 0 Å². The van der Waals surface area contributed by atoms with Crippen molar-refractivity contribution in [1.29, 1.82) is 0 Å². The third-order valence-electron chi connectivity index (χ3n) is 4.75. The van der Waals surface area contributed by atoms with E-state index in [1.807, 2.05) is 38.1 Å². The van der Waals surface area contributed by atoms with Gasteiger partial charge in [-0.2, -0.15) is 0 Å². The molecule has 0 aromatic heterocycles. The molecule has 2 aromatic carbocycles. The predicted octanol–water partition coefficient (Wildman–Crippen LogP) is 5.84. The first-order valence-electron chi connectivity index (χ1n) is 8.56. The molecular weight excluding hydrogens is 320 g/mol. The number of hydrogen-bond donors (Lipinski definition) is 0. The van der Waals surface area contributed by atoms with Gasteiger partial charge in [0.25, 0.3) is 0 Å². The smallest absolute Gasteiger partial charge is 0.338 e. The minimum atomic E-state index is -0.197. The van der Waals surface area contributed by atoms with Gasteiger partial charge in [0.05, 0.1) is 5.56 Å². The molecular formula is C21H23ClO2. The van der Waals surface area contributed by atoms with Crippen LogP contribution in [0.4, 0.5) is 0 Å². The van der Waals surface area contributed by atoms with E-state index in [0.717, 1.165) is 41.8 Å². The van der Waals surface area contributed by atoms with Crippen LogP contribution in [0.25, 0.3) is 0 Å². The maximum Gasteiger partial charge on any atom is 0.338 e. The van der Waals surface area contributed by atoms with Gasteiger partial charge in [-0.1, -0.05) is 40.9 Å². The van der Waals surface area contributed by atoms with Gasteiger partial charge in [0.15, 0.2) is 0 Å². The van der Waals surface area contributed by atoms with E-state index >= 15 is 0 Å². The molecule has 3 rings (SSSR count). The van der Waals surface area contributed by atoms with E-state index < -0.39 is 0 Å². The lowest BCUT2D eigenvalue weighted by atomic mass is 9.83. The van der Waals surface area contributed by atoms with Gasteiger partial charge in [0.1, 0.15) is 6.10 Å². The summed E-state index contributed by atoms with van der Waals surface area (Å²) in [6, 6.07) is 14.0. The molecule has 1 aliphatic carbocycles. The molecule has 1 fully saturated rings. The van der Waals surface area contributed by atoms with E-state index in [-0.39, 0.29) is 12.1 Å². The van der Waals surface area contributed by atoms with Crippen molar-refractivity contribution in [3.63, 3.8) is 0 Å². The standard InChI is InChI=1S/C21H23ClO2/c1-14-11-15(2)13-18(12-14)21(23)24-20-9-5-17(6-10-20)16-3-7-19(22)8-4-16/h3-4,7-8,11-13,17,20H,5-6,9-10H2,1-2H3. The van der Waals surface area contributed by atoms with E-state index in [4.69, 9.17) is 16.3 Å². The number of hydrogen-bond acceptors (Lipinski definition) is 2. The van der Waals surface area contributed by atoms with Gasteiger partial charge in [-0.15, -0.1) is 0 Å². The van der Waals surface area contributed by atoms with Gasteiger partial charge < -0.3 is 4.74 Å². The van der Waals surface area contributed by atoms with Crippen LogP contribution in [0, 0.1) is 13.8 Å². The lowest BCUT2D eigenvalue weighted by molar-refractivity contribution is 0.0195. The molecule has 0 atom stereocenters. The maximum atomic E-state index is 12.4. The Hall–Kier alpha value is -1.80. The van der Waals surface area contributed by atoms with Gasteiger partial charge in [-0.05, 0) is 75.3 Å². The number of halogens is 1. The molecule has 0 amide bonds. The molecule has 1 aliphatic rings. The second-order valence-corrected chi connectivity index (χ2v) is 7.24. The Morgan fingerprint density at radius 1 is 0.958 bits per heavy atom. The Balaban J connectivity index is 1.57. The Morgan fingerprint density at radius 2 is 1.54 bits per heavy atom. The van der Waals surface area contributed by atoms with Crippen molar-refractivity contribution in [3.8, 4) is 0 Å². The molecule has 0 saturated heterocycles. The Morgan fingerprint density at radius 3 is 2.12 bits per heavy atom. The maximum absolute atomic E-state index is 12.4. The van der Waals surface area contributed by atoms with E-state index in [9.17, 15) is 4.79 Å². The fraction of sp³-hybridized carbons (Fsp3) is 0.381. The van der Waals surface area contributed by atoms with Crippen molar-refractivity contribution < 1.29 is 9.53 Å². The largest absolute Gasteiger partial charge is 0.459 e. The summed E-state index contributed by atoms with van der Waals surface area (Å²) in [6.45, 7) is 4.00. The monoisotopic (exact) mass is 342 g/mol. The third kappa shape index (κ3) is 4.18. The highest BCUT2D eigenvalue weighted by Crippen LogP contribution is 2.34. The molecule has 3 heteroatoms. The molecule has 126 valence electrons. The minimum absolute atomic E-state index is 0.0295. The highest BCUT2D eigenvalue weighted by atomic mass is 35.5. The quantitative estimate of drug-likeness (QED) is 0.655. The summed E-state index contributed by atoms with van der Waals surface area (Å²) in [5.74, 6) is 0.343. The molecule has 0 radical (unpaired) electrons. The average molecular weight is 343 g/mol. The highest BCUT2D eigenvalue weighted by molar-refractivity contribution is 6.30. The van der Waals surface area contributed by atoms with Crippen LogP contribution >= 0.6 is 11.6 Å². The fourth-order valence-corrected chi connectivity index (χ4v) is 3.69. The van der Waals surface area contributed by atoms with E-state index in [1.165, 1.54) is 5.56 Å². The predicted molar refractivity (Wildman–Crippen MR) is 97.8 cm³/mol. The van der Waals surface area contributed by atoms with Crippen LogP contribution in [0.1, 0.15) is 58.6 Å². The van der Waals surface area contributed by atoms with Gasteiger partial charge in [0.2, 0.25) is 0 Å². The zero-order chi connectivity index (χ0) is 17.1. The molecule has 2 nitrogen and oxygen atoms in total. The summed E-state index contributed by atoms with van der Waals surface area (Å²) in [5.41, 5.74) is 4.17. The van der Waals surface area contributed by atoms with Crippen molar-refractivity contribution in [2.45, 2.75) is 51.6 Å². The Bertz CT molecular complexity index is 693. The topological polar surface area (TPSA) is 26.3 Å². The van der Waals surface area contributed by atoms with Crippen molar-refractivity contribution in [3.05, 3.63) is 69.7 Å². The minimum Gasteiger partial charge on any atom is -0.459 e.